The second kappa shape index (κ2) is 9.99. The van der Waals surface area contributed by atoms with E-state index < -0.39 is 10.0 Å². The van der Waals surface area contributed by atoms with Gasteiger partial charge in [-0.05, 0) is 48.9 Å². The summed E-state index contributed by atoms with van der Waals surface area (Å²) in [5.41, 5.74) is 5.47. The van der Waals surface area contributed by atoms with Crippen molar-refractivity contribution in [2.75, 3.05) is 18.9 Å². The van der Waals surface area contributed by atoms with Crippen molar-refractivity contribution in [3.63, 3.8) is 0 Å². The molecule has 8 heteroatoms. The van der Waals surface area contributed by atoms with E-state index in [0.29, 0.717) is 23.7 Å². The van der Waals surface area contributed by atoms with Gasteiger partial charge in [0.1, 0.15) is 5.82 Å². The Kier molecular flexibility index (Phi) is 6.58. The van der Waals surface area contributed by atoms with Gasteiger partial charge in [0.15, 0.2) is 11.5 Å². The molecule has 0 atom stereocenters. The predicted molar refractivity (Wildman–Crippen MR) is 146 cm³/mol. The second-order valence-corrected chi connectivity index (χ2v) is 10.4. The van der Waals surface area contributed by atoms with Crippen LogP contribution in [0.2, 0.25) is 0 Å². The van der Waals surface area contributed by atoms with Crippen LogP contribution in [0.25, 0.3) is 22.4 Å². The van der Waals surface area contributed by atoms with Crippen molar-refractivity contribution in [3.05, 3.63) is 102 Å². The van der Waals surface area contributed by atoms with Crippen LogP contribution in [0.3, 0.4) is 0 Å². The van der Waals surface area contributed by atoms with E-state index in [9.17, 15) is 8.42 Å². The molecular formula is C29H27N3O4S. The summed E-state index contributed by atoms with van der Waals surface area (Å²) in [4.78, 5) is 4.96. The number of methoxy groups -OCH3 is 2. The first-order chi connectivity index (χ1) is 17.9. The summed E-state index contributed by atoms with van der Waals surface area (Å²) in [6, 6.07) is 28.1. The molecule has 0 aliphatic carbocycles. The van der Waals surface area contributed by atoms with Gasteiger partial charge in [0.05, 0.1) is 30.1 Å². The fourth-order valence-electron chi connectivity index (χ4n) is 4.25. The Morgan fingerprint density at radius 1 is 0.838 bits per heavy atom. The maximum absolute atomic E-state index is 13.2. The van der Waals surface area contributed by atoms with E-state index in [1.165, 1.54) is 31.9 Å². The Balaban J connectivity index is 1.51. The van der Waals surface area contributed by atoms with Crippen LogP contribution in [0.15, 0.2) is 95.9 Å². The number of para-hydroxylation sites is 2. The van der Waals surface area contributed by atoms with Gasteiger partial charge in [-0.15, -0.1) is 0 Å². The van der Waals surface area contributed by atoms with Gasteiger partial charge in [0, 0.05) is 23.9 Å². The minimum absolute atomic E-state index is 0.0714. The van der Waals surface area contributed by atoms with Crippen LogP contribution in [0, 0.1) is 6.92 Å². The summed E-state index contributed by atoms with van der Waals surface area (Å²) >= 11 is 0. The molecule has 0 saturated heterocycles. The third kappa shape index (κ3) is 5.01. The van der Waals surface area contributed by atoms with Crippen LogP contribution in [-0.2, 0) is 16.6 Å². The van der Waals surface area contributed by atoms with E-state index in [4.69, 9.17) is 14.5 Å². The number of imidazole rings is 1. The van der Waals surface area contributed by atoms with Crippen LogP contribution in [0.4, 0.5) is 5.69 Å². The van der Waals surface area contributed by atoms with Crippen molar-refractivity contribution >= 4 is 26.7 Å². The van der Waals surface area contributed by atoms with Gasteiger partial charge in [-0.25, -0.2) is 13.4 Å². The summed E-state index contributed by atoms with van der Waals surface area (Å²) in [6.07, 6.45) is 0. The molecule has 5 rings (SSSR count). The zero-order valence-electron chi connectivity index (χ0n) is 20.8. The van der Waals surface area contributed by atoms with E-state index in [-0.39, 0.29) is 4.90 Å². The summed E-state index contributed by atoms with van der Waals surface area (Å²) in [5.74, 6) is 1.55. The minimum Gasteiger partial charge on any atom is -0.493 e. The fraction of sp³-hybridized carbons (Fsp3) is 0.138. The zero-order chi connectivity index (χ0) is 26.0. The molecule has 0 amide bonds. The van der Waals surface area contributed by atoms with Crippen LogP contribution < -0.4 is 14.2 Å². The van der Waals surface area contributed by atoms with Crippen molar-refractivity contribution in [2.45, 2.75) is 18.4 Å². The summed E-state index contributed by atoms with van der Waals surface area (Å²) in [6.45, 7) is 2.70. The molecule has 0 aliphatic rings. The molecule has 37 heavy (non-hydrogen) atoms. The number of sulfonamides is 1. The fourth-order valence-corrected chi connectivity index (χ4v) is 5.32. The monoisotopic (exact) mass is 513 g/mol. The minimum atomic E-state index is -3.87. The van der Waals surface area contributed by atoms with Crippen molar-refractivity contribution < 1.29 is 17.9 Å². The number of aryl methyl sites for hydroxylation is 1. The smallest absolute Gasteiger partial charge is 0.262 e. The number of nitrogens with zero attached hydrogens (tertiary/aromatic N) is 2. The van der Waals surface area contributed by atoms with Crippen molar-refractivity contribution in [1.29, 1.82) is 0 Å². The SMILES string of the molecule is COc1ccc(S(=O)(=O)Nc2cccc(-c3nc4ccccc4n3Cc3ccc(C)cc3)c2)cc1OC. The summed E-state index contributed by atoms with van der Waals surface area (Å²) < 4.78 is 41.7. The van der Waals surface area contributed by atoms with Gasteiger partial charge in [-0.1, -0.05) is 54.1 Å². The lowest BCUT2D eigenvalue weighted by Gasteiger charge is -2.13. The molecule has 7 nitrogen and oxygen atoms in total. The van der Waals surface area contributed by atoms with Crippen molar-refractivity contribution in [3.8, 4) is 22.9 Å². The largest absolute Gasteiger partial charge is 0.493 e. The van der Waals surface area contributed by atoms with Gasteiger partial charge in [0.25, 0.3) is 10.0 Å². The maximum Gasteiger partial charge on any atom is 0.262 e. The first kappa shape index (κ1) is 24.4. The third-order valence-electron chi connectivity index (χ3n) is 6.15. The maximum atomic E-state index is 13.2. The van der Waals surface area contributed by atoms with Gasteiger partial charge in [0.2, 0.25) is 0 Å². The normalized spacial score (nSPS) is 11.4. The first-order valence-electron chi connectivity index (χ1n) is 11.7. The first-order valence-corrected chi connectivity index (χ1v) is 13.2. The number of anilines is 1. The van der Waals surface area contributed by atoms with Crippen molar-refractivity contribution in [2.24, 2.45) is 0 Å². The Morgan fingerprint density at radius 2 is 1.59 bits per heavy atom. The van der Waals surface area contributed by atoms with Crippen LogP contribution in [0.1, 0.15) is 11.1 Å². The van der Waals surface area contributed by atoms with Crippen molar-refractivity contribution in [1.82, 2.24) is 9.55 Å². The highest BCUT2D eigenvalue weighted by molar-refractivity contribution is 7.92. The third-order valence-corrected chi connectivity index (χ3v) is 7.53. The Bertz CT molecular complexity index is 1680. The molecule has 0 fully saturated rings. The number of fused-ring (bicyclic) bond motifs is 1. The Hall–Kier alpha value is -4.30. The topological polar surface area (TPSA) is 82.5 Å². The van der Waals surface area contributed by atoms with E-state index in [2.05, 4.69) is 40.5 Å². The molecule has 0 radical (unpaired) electrons. The molecular weight excluding hydrogens is 486 g/mol. The van der Waals surface area contributed by atoms with Gasteiger partial charge < -0.3 is 14.0 Å². The molecule has 4 aromatic carbocycles. The second-order valence-electron chi connectivity index (χ2n) is 8.70. The highest BCUT2D eigenvalue weighted by Crippen LogP contribution is 2.31. The summed E-state index contributed by atoms with van der Waals surface area (Å²) in [7, 11) is -0.902. The molecule has 0 aliphatic heterocycles. The molecule has 0 saturated carbocycles. The van der Waals surface area contributed by atoms with Crippen LogP contribution in [-0.4, -0.2) is 32.2 Å². The highest BCUT2D eigenvalue weighted by atomic mass is 32.2. The molecule has 1 N–H and O–H groups in total. The lowest BCUT2D eigenvalue weighted by molar-refractivity contribution is 0.354. The lowest BCUT2D eigenvalue weighted by atomic mass is 10.1. The Morgan fingerprint density at radius 3 is 2.35 bits per heavy atom. The lowest BCUT2D eigenvalue weighted by Crippen LogP contribution is -2.13. The average Bonchev–Trinajstić information content (AvgIpc) is 3.27. The van der Waals surface area contributed by atoms with E-state index in [0.717, 1.165) is 28.0 Å². The van der Waals surface area contributed by atoms with Gasteiger partial charge >= 0.3 is 0 Å². The molecule has 1 heterocycles. The molecule has 5 aromatic rings. The Labute approximate surface area is 216 Å². The molecule has 0 unspecified atom stereocenters. The molecule has 0 spiro atoms. The standard InChI is InChI=1S/C29H27N3O4S/c1-20-11-13-21(14-12-20)19-32-26-10-5-4-9-25(26)30-29(32)22-7-6-8-23(17-22)31-37(33,34)24-15-16-27(35-2)28(18-24)36-3/h4-18,31H,19H2,1-3H3. The number of aromatic nitrogens is 2. The predicted octanol–water partition coefficient (Wildman–Crippen LogP) is 5.88. The highest BCUT2D eigenvalue weighted by Gasteiger charge is 2.19. The molecule has 188 valence electrons. The van der Waals surface area contributed by atoms with Crippen LogP contribution in [0.5, 0.6) is 11.5 Å². The average molecular weight is 514 g/mol. The van der Waals surface area contributed by atoms with Crippen LogP contribution >= 0.6 is 0 Å². The quantitative estimate of drug-likeness (QED) is 0.280. The zero-order valence-corrected chi connectivity index (χ0v) is 21.6. The number of benzene rings is 4. The van der Waals surface area contributed by atoms with E-state index in [1.54, 1.807) is 18.2 Å². The number of hydrogen-bond donors (Lipinski definition) is 1. The number of nitrogens with one attached hydrogen (secondary N) is 1. The molecule has 0 bridgehead atoms. The van der Waals surface area contributed by atoms with E-state index >= 15 is 0 Å². The summed E-state index contributed by atoms with van der Waals surface area (Å²) in [5, 5.41) is 0. The number of hydrogen-bond acceptors (Lipinski definition) is 5. The van der Waals surface area contributed by atoms with Gasteiger partial charge in [-0.2, -0.15) is 0 Å². The molecule has 1 aromatic heterocycles. The van der Waals surface area contributed by atoms with E-state index in [1.807, 2.05) is 36.4 Å². The van der Waals surface area contributed by atoms with Gasteiger partial charge in [-0.3, -0.25) is 4.72 Å². The number of rotatable bonds is 8. The number of ether oxygens (including phenoxy) is 2.